The molecule has 0 amide bonds. The van der Waals surface area contributed by atoms with E-state index >= 15 is 0 Å². The average molecular weight is 630 g/mol. The Morgan fingerprint density at radius 3 is 1.51 bits per heavy atom. The summed E-state index contributed by atoms with van der Waals surface area (Å²) < 4.78 is 0. The Morgan fingerprint density at radius 1 is 0.347 bits per heavy atom. The molecule has 0 fully saturated rings. The van der Waals surface area contributed by atoms with E-state index in [4.69, 9.17) is 0 Å². The van der Waals surface area contributed by atoms with Gasteiger partial charge in [0.25, 0.3) is 0 Å². The zero-order chi connectivity index (χ0) is 33.3. The number of nitrogens with zero attached hydrogens (tertiary/aromatic N) is 1. The standard InChI is InChI=1S/C48H39N/c1-47(2)41-22-13-11-20-38(41)40-31-36(26-27-43(40)47)49(45-25-15-24-44-46(45)39-21-12-14-23-42(39)48(44,3)4)37-29-34(32-16-7-5-8-17-32)28-35(30-37)33-18-9-6-10-19-33/h5-31H,1-4H3. The quantitative estimate of drug-likeness (QED) is 0.183. The molecule has 7 aromatic rings. The Labute approximate surface area is 290 Å². The molecule has 0 saturated carbocycles. The molecule has 0 heterocycles. The number of benzene rings is 7. The van der Waals surface area contributed by atoms with Gasteiger partial charge in [0.2, 0.25) is 0 Å². The number of hydrogen-bond donors (Lipinski definition) is 0. The lowest BCUT2D eigenvalue weighted by atomic mass is 9.82. The van der Waals surface area contributed by atoms with Crippen molar-refractivity contribution in [2.75, 3.05) is 4.90 Å². The predicted molar refractivity (Wildman–Crippen MR) is 207 cm³/mol. The lowest BCUT2D eigenvalue weighted by Crippen LogP contribution is -2.16. The summed E-state index contributed by atoms with van der Waals surface area (Å²) >= 11 is 0. The molecule has 1 nitrogen and oxygen atoms in total. The van der Waals surface area contributed by atoms with Crippen molar-refractivity contribution in [3.05, 3.63) is 186 Å². The summed E-state index contributed by atoms with van der Waals surface area (Å²) in [4.78, 5) is 2.52. The maximum Gasteiger partial charge on any atom is 0.0543 e. The highest BCUT2D eigenvalue weighted by atomic mass is 15.1. The van der Waals surface area contributed by atoms with Gasteiger partial charge in [-0.3, -0.25) is 0 Å². The molecule has 2 aliphatic carbocycles. The van der Waals surface area contributed by atoms with E-state index in [-0.39, 0.29) is 10.8 Å². The summed E-state index contributed by atoms with van der Waals surface area (Å²) in [6.45, 7) is 9.44. The third-order valence-corrected chi connectivity index (χ3v) is 11.0. The zero-order valence-electron chi connectivity index (χ0n) is 28.5. The molecule has 0 aromatic heterocycles. The fourth-order valence-electron chi connectivity index (χ4n) is 8.53. The van der Waals surface area contributed by atoms with Crippen molar-refractivity contribution in [2.24, 2.45) is 0 Å². The number of fused-ring (bicyclic) bond motifs is 6. The van der Waals surface area contributed by atoms with Gasteiger partial charge in [-0.25, -0.2) is 0 Å². The van der Waals surface area contributed by atoms with Crippen molar-refractivity contribution in [1.29, 1.82) is 0 Å². The van der Waals surface area contributed by atoms with Crippen LogP contribution < -0.4 is 4.90 Å². The molecule has 0 atom stereocenters. The van der Waals surface area contributed by atoms with Gasteiger partial charge in [0.15, 0.2) is 0 Å². The van der Waals surface area contributed by atoms with Gasteiger partial charge in [-0.05, 0) is 97.6 Å². The fourth-order valence-corrected chi connectivity index (χ4v) is 8.53. The van der Waals surface area contributed by atoms with Crippen LogP contribution in [0.5, 0.6) is 0 Å². The molecule has 9 rings (SSSR count). The first-order chi connectivity index (χ1) is 23.8. The summed E-state index contributed by atoms with van der Waals surface area (Å²) in [5, 5.41) is 0. The molecule has 0 spiro atoms. The minimum absolute atomic E-state index is 0.0556. The molecule has 2 aliphatic rings. The third-order valence-electron chi connectivity index (χ3n) is 11.0. The maximum absolute atomic E-state index is 2.52. The summed E-state index contributed by atoms with van der Waals surface area (Å²) in [6.07, 6.45) is 0. The highest BCUT2D eigenvalue weighted by molar-refractivity contribution is 5.97. The van der Waals surface area contributed by atoms with E-state index in [1.165, 1.54) is 72.4 Å². The lowest BCUT2D eigenvalue weighted by Gasteiger charge is -2.30. The van der Waals surface area contributed by atoms with E-state index in [0.29, 0.717) is 0 Å². The molecule has 0 bridgehead atoms. The van der Waals surface area contributed by atoms with Gasteiger partial charge in [0.1, 0.15) is 0 Å². The predicted octanol–water partition coefficient (Wildman–Crippen LogP) is 13.1. The van der Waals surface area contributed by atoms with Crippen molar-refractivity contribution in [3.8, 4) is 44.5 Å². The van der Waals surface area contributed by atoms with Crippen molar-refractivity contribution >= 4 is 17.1 Å². The van der Waals surface area contributed by atoms with Gasteiger partial charge in [0.05, 0.1) is 5.69 Å². The minimum atomic E-state index is -0.102. The van der Waals surface area contributed by atoms with E-state index in [1.54, 1.807) is 0 Å². The fraction of sp³-hybridized carbons (Fsp3) is 0.125. The lowest BCUT2D eigenvalue weighted by molar-refractivity contribution is 0.660. The van der Waals surface area contributed by atoms with Crippen LogP contribution in [0.3, 0.4) is 0 Å². The van der Waals surface area contributed by atoms with Crippen LogP contribution in [0.1, 0.15) is 49.9 Å². The smallest absolute Gasteiger partial charge is 0.0543 e. The molecule has 0 N–H and O–H groups in total. The molecular formula is C48H39N. The molecule has 0 saturated heterocycles. The van der Waals surface area contributed by atoms with Crippen LogP contribution in [0.15, 0.2) is 164 Å². The Balaban J connectivity index is 1.35. The zero-order valence-corrected chi connectivity index (χ0v) is 28.5. The molecule has 49 heavy (non-hydrogen) atoms. The summed E-state index contributed by atoms with van der Waals surface area (Å²) in [7, 11) is 0. The van der Waals surface area contributed by atoms with Gasteiger partial charge < -0.3 is 4.90 Å². The first-order valence-electron chi connectivity index (χ1n) is 17.4. The van der Waals surface area contributed by atoms with Gasteiger partial charge in [0, 0.05) is 27.8 Å². The van der Waals surface area contributed by atoms with Crippen molar-refractivity contribution < 1.29 is 0 Å². The number of anilines is 3. The molecule has 236 valence electrons. The van der Waals surface area contributed by atoms with Crippen LogP contribution in [0.4, 0.5) is 17.1 Å². The molecule has 0 aliphatic heterocycles. The van der Waals surface area contributed by atoms with Crippen LogP contribution in [0.25, 0.3) is 44.5 Å². The van der Waals surface area contributed by atoms with Crippen molar-refractivity contribution in [3.63, 3.8) is 0 Å². The monoisotopic (exact) mass is 629 g/mol. The number of rotatable bonds is 5. The highest BCUT2D eigenvalue weighted by Gasteiger charge is 2.39. The molecule has 1 heteroatoms. The maximum atomic E-state index is 2.52. The van der Waals surface area contributed by atoms with Gasteiger partial charge in [-0.15, -0.1) is 0 Å². The Morgan fingerprint density at radius 2 is 0.857 bits per heavy atom. The van der Waals surface area contributed by atoms with Crippen LogP contribution in [-0.2, 0) is 10.8 Å². The van der Waals surface area contributed by atoms with Crippen LogP contribution in [0, 0.1) is 0 Å². The molecule has 7 aromatic carbocycles. The average Bonchev–Trinajstić information content (AvgIpc) is 3.52. The second-order valence-corrected chi connectivity index (χ2v) is 14.6. The summed E-state index contributed by atoms with van der Waals surface area (Å²) in [5.74, 6) is 0. The Hall–Kier alpha value is -5.66. The van der Waals surface area contributed by atoms with E-state index in [0.717, 1.165) is 11.4 Å². The minimum Gasteiger partial charge on any atom is -0.310 e. The summed E-state index contributed by atoms with van der Waals surface area (Å²) in [5.41, 5.74) is 18.9. The van der Waals surface area contributed by atoms with Gasteiger partial charge in [-0.1, -0.05) is 155 Å². The normalized spacial score (nSPS) is 14.4. The molecule has 0 unspecified atom stereocenters. The first-order valence-corrected chi connectivity index (χ1v) is 17.4. The summed E-state index contributed by atoms with van der Waals surface area (Å²) in [6, 6.07) is 60.6. The van der Waals surface area contributed by atoms with Gasteiger partial charge >= 0.3 is 0 Å². The second kappa shape index (κ2) is 10.9. The largest absolute Gasteiger partial charge is 0.310 e. The van der Waals surface area contributed by atoms with Gasteiger partial charge in [-0.2, -0.15) is 0 Å². The van der Waals surface area contributed by atoms with Crippen molar-refractivity contribution in [2.45, 2.75) is 38.5 Å². The van der Waals surface area contributed by atoms with Crippen molar-refractivity contribution in [1.82, 2.24) is 0 Å². The highest BCUT2D eigenvalue weighted by Crippen LogP contribution is 2.56. The number of hydrogen-bond acceptors (Lipinski definition) is 1. The Bertz CT molecular complexity index is 2320. The SMILES string of the molecule is CC1(C)c2ccccc2-c2cc(N(c3cc(-c4ccccc4)cc(-c4ccccc4)c3)c3cccc4c3-c3ccccc3C4(C)C)ccc21. The van der Waals surface area contributed by atoms with Crippen LogP contribution in [-0.4, -0.2) is 0 Å². The Kier molecular flexibility index (Phi) is 6.58. The van der Waals surface area contributed by atoms with E-state index in [9.17, 15) is 0 Å². The molecular weight excluding hydrogens is 591 g/mol. The topological polar surface area (TPSA) is 3.24 Å². The third kappa shape index (κ3) is 4.53. The molecule has 0 radical (unpaired) electrons. The first kappa shape index (κ1) is 29.5. The van der Waals surface area contributed by atoms with E-state index in [2.05, 4.69) is 196 Å². The van der Waals surface area contributed by atoms with E-state index < -0.39 is 0 Å². The second-order valence-electron chi connectivity index (χ2n) is 14.6. The van der Waals surface area contributed by atoms with Crippen LogP contribution in [0.2, 0.25) is 0 Å². The van der Waals surface area contributed by atoms with Crippen LogP contribution >= 0.6 is 0 Å². The van der Waals surface area contributed by atoms with E-state index in [1.807, 2.05) is 0 Å².